The summed E-state index contributed by atoms with van der Waals surface area (Å²) in [6, 6.07) is 9.80. The lowest BCUT2D eigenvalue weighted by Crippen LogP contribution is -2.15. The third kappa shape index (κ3) is 4.01. The minimum atomic E-state index is 0. The Kier molecular flexibility index (Phi) is 4.65. The summed E-state index contributed by atoms with van der Waals surface area (Å²) >= 11 is 0. The van der Waals surface area contributed by atoms with Gasteiger partial charge in [0.05, 0.1) is 0 Å². The standard InChI is InChI=1S/C14H21.Al.3H/c1-13(2,3)11-8-7-9-12(10-11)14(4,5)6;;;;/h7-8,10H,1-6H3;;;;. The van der Waals surface area contributed by atoms with Gasteiger partial charge < -0.3 is 0 Å². The van der Waals surface area contributed by atoms with Crippen LogP contribution in [0.4, 0.5) is 0 Å². The average Bonchev–Trinajstić information content (AvgIpc) is 2.01. The summed E-state index contributed by atoms with van der Waals surface area (Å²) in [4.78, 5) is 0. The molecule has 0 amide bonds. The molecular weight excluding hydrogens is 195 g/mol. The normalized spacial score (nSPS) is 12.1. The van der Waals surface area contributed by atoms with Gasteiger partial charge in [-0.3, -0.25) is 0 Å². The molecule has 0 heterocycles. The van der Waals surface area contributed by atoms with E-state index in [1.807, 2.05) is 6.07 Å². The molecule has 1 heteroatoms. The maximum absolute atomic E-state index is 3.32. The molecule has 0 aliphatic carbocycles. The first kappa shape index (κ1) is 14.8. The second-order valence-corrected chi connectivity index (χ2v) is 5.99. The Morgan fingerprint density at radius 2 is 1.47 bits per heavy atom. The summed E-state index contributed by atoms with van der Waals surface area (Å²) in [5.74, 6) is 0. The lowest BCUT2D eigenvalue weighted by atomic mass is 9.81. The van der Waals surface area contributed by atoms with Gasteiger partial charge in [0, 0.05) is 0 Å². The molecule has 0 spiro atoms. The van der Waals surface area contributed by atoms with Crippen molar-refractivity contribution in [2.75, 3.05) is 0 Å². The Morgan fingerprint density at radius 1 is 0.933 bits per heavy atom. The van der Waals surface area contributed by atoms with E-state index < -0.39 is 0 Å². The van der Waals surface area contributed by atoms with Crippen LogP contribution in [0.15, 0.2) is 18.2 Å². The molecule has 83 valence electrons. The molecule has 1 aromatic rings. The van der Waals surface area contributed by atoms with Crippen LogP contribution in [0.3, 0.4) is 0 Å². The van der Waals surface area contributed by atoms with Gasteiger partial charge in [0.2, 0.25) is 0 Å². The molecule has 0 fully saturated rings. The van der Waals surface area contributed by atoms with Gasteiger partial charge in [0.15, 0.2) is 17.4 Å². The molecule has 0 saturated heterocycles. The van der Waals surface area contributed by atoms with E-state index in [2.05, 4.69) is 59.7 Å². The molecule has 1 rings (SSSR count). The molecule has 0 saturated carbocycles. The van der Waals surface area contributed by atoms with Gasteiger partial charge in [-0.15, -0.1) is 0 Å². The average molecular weight is 219 g/mol. The molecular formula is C14H24Al. The van der Waals surface area contributed by atoms with Gasteiger partial charge in [0.1, 0.15) is 0 Å². The van der Waals surface area contributed by atoms with E-state index in [1.165, 1.54) is 11.1 Å². The van der Waals surface area contributed by atoms with Crippen molar-refractivity contribution >= 4 is 17.4 Å². The summed E-state index contributed by atoms with van der Waals surface area (Å²) in [6.07, 6.45) is 0. The first-order valence-corrected chi connectivity index (χ1v) is 5.24. The summed E-state index contributed by atoms with van der Waals surface area (Å²) < 4.78 is 0. The molecule has 0 aromatic heterocycles. The Hall–Kier alpha value is -0.248. The van der Waals surface area contributed by atoms with Crippen molar-refractivity contribution in [2.45, 2.75) is 52.4 Å². The van der Waals surface area contributed by atoms with Gasteiger partial charge in [-0.1, -0.05) is 59.7 Å². The van der Waals surface area contributed by atoms with Crippen LogP contribution >= 0.6 is 0 Å². The maximum Gasteiger partial charge on any atom is 0.187 e. The van der Waals surface area contributed by atoms with Gasteiger partial charge in [-0.2, -0.15) is 0 Å². The zero-order valence-corrected chi connectivity index (χ0v) is 10.2. The number of rotatable bonds is 0. The van der Waals surface area contributed by atoms with Crippen molar-refractivity contribution in [3.05, 3.63) is 35.4 Å². The van der Waals surface area contributed by atoms with Crippen molar-refractivity contribution in [2.24, 2.45) is 0 Å². The van der Waals surface area contributed by atoms with E-state index >= 15 is 0 Å². The van der Waals surface area contributed by atoms with Crippen molar-refractivity contribution in [1.82, 2.24) is 0 Å². The van der Waals surface area contributed by atoms with Gasteiger partial charge in [-0.25, -0.2) is 0 Å². The minimum absolute atomic E-state index is 0. The highest BCUT2D eigenvalue weighted by molar-refractivity contribution is 5.75. The van der Waals surface area contributed by atoms with Gasteiger partial charge in [-0.05, 0) is 28.0 Å². The van der Waals surface area contributed by atoms with Crippen LogP contribution in [0.25, 0.3) is 0 Å². The fraction of sp³-hybridized carbons (Fsp3) is 0.571. The Labute approximate surface area is 105 Å². The first-order valence-electron chi connectivity index (χ1n) is 5.24. The molecule has 1 aromatic carbocycles. The van der Waals surface area contributed by atoms with Crippen LogP contribution in [-0.4, -0.2) is 17.4 Å². The molecule has 1 radical (unpaired) electrons. The van der Waals surface area contributed by atoms with Crippen molar-refractivity contribution in [3.8, 4) is 0 Å². The molecule has 0 aliphatic heterocycles. The highest BCUT2D eigenvalue weighted by Gasteiger charge is 2.18. The van der Waals surface area contributed by atoms with Gasteiger partial charge >= 0.3 is 0 Å². The third-order valence-electron chi connectivity index (χ3n) is 2.48. The Bertz CT molecular complexity index is 284. The first-order chi connectivity index (χ1) is 6.21. The monoisotopic (exact) mass is 219 g/mol. The topological polar surface area (TPSA) is 0 Å². The zero-order chi connectivity index (χ0) is 11.0. The van der Waals surface area contributed by atoms with E-state index in [0.717, 1.165) is 0 Å². The van der Waals surface area contributed by atoms with Crippen LogP contribution in [-0.2, 0) is 10.8 Å². The van der Waals surface area contributed by atoms with E-state index in [4.69, 9.17) is 0 Å². The maximum atomic E-state index is 3.32. The molecule has 0 unspecified atom stereocenters. The number of hydrogen-bond donors (Lipinski definition) is 0. The lowest BCUT2D eigenvalue weighted by Gasteiger charge is -2.24. The predicted molar refractivity (Wildman–Crippen MR) is 72.6 cm³/mol. The fourth-order valence-corrected chi connectivity index (χ4v) is 1.37. The highest BCUT2D eigenvalue weighted by Crippen LogP contribution is 2.27. The Morgan fingerprint density at radius 3 is 1.87 bits per heavy atom. The van der Waals surface area contributed by atoms with Crippen LogP contribution in [0, 0.1) is 6.07 Å². The van der Waals surface area contributed by atoms with Crippen LogP contribution in [0.2, 0.25) is 0 Å². The molecule has 0 N–H and O–H groups in total. The van der Waals surface area contributed by atoms with Crippen molar-refractivity contribution in [1.29, 1.82) is 0 Å². The van der Waals surface area contributed by atoms with Crippen molar-refractivity contribution in [3.63, 3.8) is 0 Å². The summed E-state index contributed by atoms with van der Waals surface area (Å²) in [6.45, 7) is 13.4. The minimum Gasteiger partial charge on any atom is -0.0579 e. The van der Waals surface area contributed by atoms with Gasteiger partial charge in [0.25, 0.3) is 0 Å². The quantitative estimate of drug-likeness (QED) is 0.589. The summed E-state index contributed by atoms with van der Waals surface area (Å²) in [5, 5.41) is 0. The van der Waals surface area contributed by atoms with E-state index in [-0.39, 0.29) is 28.2 Å². The van der Waals surface area contributed by atoms with E-state index in [0.29, 0.717) is 0 Å². The smallest absolute Gasteiger partial charge is 0.0579 e. The zero-order valence-electron chi connectivity index (χ0n) is 10.2. The summed E-state index contributed by atoms with van der Waals surface area (Å²) in [5.41, 5.74) is 3.11. The van der Waals surface area contributed by atoms with Crippen LogP contribution in [0.1, 0.15) is 52.7 Å². The van der Waals surface area contributed by atoms with E-state index in [1.54, 1.807) is 0 Å². The number of hydrogen-bond acceptors (Lipinski definition) is 0. The Balaban J connectivity index is 0.00000196. The predicted octanol–water partition coefficient (Wildman–Crippen LogP) is 2.90. The second-order valence-electron chi connectivity index (χ2n) is 5.99. The van der Waals surface area contributed by atoms with E-state index in [9.17, 15) is 0 Å². The summed E-state index contributed by atoms with van der Waals surface area (Å²) in [7, 11) is 0. The van der Waals surface area contributed by atoms with Crippen LogP contribution in [0.5, 0.6) is 0 Å². The molecule has 0 bridgehead atoms. The third-order valence-corrected chi connectivity index (χ3v) is 2.48. The van der Waals surface area contributed by atoms with Crippen LogP contribution < -0.4 is 0 Å². The molecule has 0 aliphatic rings. The largest absolute Gasteiger partial charge is 0.187 e. The molecule has 0 atom stereocenters. The lowest BCUT2D eigenvalue weighted by molar-refractivity contribution is 0.568. The molecule has 0 nitrogen and oxygen atoms in total. The second kappa shape index (κ2) is 4.73. The number of benzene rings is 1. The molecule has 15 heavy (non-hydrogen) atoms. The highest BCUT2D eigenvalue weighted by atomic mass is 27.0. The SMILES string of the molecule is CC(C)(C)c1[c]ccc(C(C)(C)C)c1.[AlH3]. The fourth-order valence-electron chi connectivity index (χ4n) is 1.37. The van der Waals surface area contributed by atoms with Crippen molar-refractivity contribution < 1.29 is 0 Å².